The molecule has 0 bridgehead atoms. The smallest absolute Gasteiger partial charge is 0.146 e. The number of aryl methyl sites for hydroxylation is 1. The molecule has 0 spiro atoms. The van der Waals surface area contributed by atoms with Crippen LogP contribution in [0.1, 0.15) is 29.2 Å². The zero-order valence-corrected chi connectivity index (χ0v) is 36.2. The Kier molecular flexibility index (Phi) is 8.27. The Morgan fingerprint density at radius 1 is 0.439 bits per heavy atom. The summed E-state index contributed by atoms with van der Waals surface area (Å²) in [6, 6.07) is 67.5. The molecule has 10 aromatic carbocycles. The van der Waals surface area contributed by atoms with Gasteiger partial charge in [0.25, 0.3) is 0 Å². The lowest BCUT2D eigenvalue weighted by Crippen LogP contribution is -2.15. The summed E-state index contributed by atoms with van der Waals surface area (Å²) in [7, 11) is 0. The van der Waals surface area contributed by atoms with E-state index in [9.17, 15) is 0 Å². The summed E-state index contributed by atoms with van der Waals surface area (Å²) in [6.45, 7) is 0. The quantitative estimate of drug-likeness (QED) is 0.161. The summed E-state index contributed by atoms with van der Waals surface area (Å²) in [6.07, 6.45) is 15.1. The normalized spacial score (nSPS) is 16.0. The van der Waals surface area contributed by atoms with Gasteiger partial charge in [-0.2, -0.15) is 0 Å². The Morgan fingerprint density at radius 2 is 0.985 bits per heavy atom. The van der Waals surface area contributed by atoms with Gasteiger partial charge in [0.15, 0.2) is 0 Å². The van der Waals surface area contributed by atoms with Crippen LogP contribution in [0, 0.1) is 0 Å². The number of fused-ring (bicyclic) bond motifs is 11. The zero-order chi connectivity index (χ0) is 43.3. The van der Waals surface area contributed by atoms with Gasteiger partial charge in [0.05, 0.1) is 5.39 Å². The molecular formula is C64H42O2. The SMILES string of the molecule is C1=CC2Oc3c(cc(-c4ccc5c(-c6ccc(-c7ccc8ccccc8c7)cc6)c6ccccc6c(-c6ccc(-c7ccc8ccccc8c7)cc6)c5c4)c4oc5c(c34)C=CCC5)C2C=C1. The molecule has 2 unspecified atom stereocenters. The van der Waals surface area contributed by atoms with Gasteiger partial charge >= 0.3 is 0 Å². The topological polar surface area (TPSA) is 22.4 Å². The molecule has 1 aliphatic heterocycles. The van der Waals surface area contributed by atoms with Crippen LogP contribution in [0.4, 0.5) is 0 Å². The Balaban J connectivity index is 0.991. The number of benzene rings is 10. The fourth-order valence-electron chi connectivity index (χ4n) is 11.2. The van der Waals surface area contributed by atoms with Gasteiger partial charge in [0.2, 0.25) is 0 Å². The number of furan rings is 1. The Hall–Kier alpha value is -8.20. The molecule has 14 rings (SSSR count). The van der Waals surface area contributed by atoms with Crippen LogP contribution < -0.4 is 4.74 Å². The third-order valence-corrected chi connectivity index (χ3v) is 14.4. The molecule has 0 saturated carbocycles. The predicted molar refractivity (Wildman–Crippen MR) is 276 cm³/mol. The van der Waals surface area contributed by atoms with Crippen molar-refractivity contribution >= 4 is 60.1 Å². The van der Waals surface area contributed by atoms with Crippen molar-refractivity contribution < 1.29 is 9.15 Å². The fourth-order valence-corrected chi connectivity index (χ4v) is 11.2. The van der Waals surface area contributed by atoms with Crippen LogP contribution >= 0.6 is 0 Å². The lowest BCUT2D eigenvalue weighted by atomic mass is 9.83. The second kappa shape index (κ2) is 14.7. The van der Waals surface area contributed by atoms with Crippen LogP contribution in [0.5, 0.6) is 5.75 Å². The average molecular weight is 843 g/mol. The van der Waals surface area contributed by atoms with Gasteiger partial charge in [-0.25, -0.2) is 0 Å². The lowest BCUT2D eigenvalue weighted by Gasteiger charge is -2.19. The van der Waals surface area contributed by atoms with Crippen molar-refractivity contribution in [2.75, 3.05) is 0 Å². The minimum atomic E-state index is -0.0242. The van der Waals surface area contributed by atoms with E-state index in [0.29, 0.717) is 0 Å². The van der Waals surface area contributed by atoms with Gasteiger partial charge in [-0.15, -0.1) is 0 Å². The van der Waals surface area contributed by atoms with E-state index in [1.807, 2.05) is 0 Å². The number of rotatable bonds is 5. The van der Waals surface area contributed by atoms with E-state index in [1.54, 1.807) is 0 Å². The first-order valence-electron chi connectivity index (χ1n) is 23.2. The van der Waals surface area contributed by atoms with Crippen molar-refractivity contribution in [1.29, 1.82) is 0 Å². The minimum absolute atomic E-state index is 0.0242. The summed E-state index contributed by atoms with van der Waals surface area (Å²) in [5.74, 6) is 2.15. The first-order chi connectivity index (χ1) is 32.7. The third-order valence-electron chi connectivity index (χ3n) is 14.4. The van der Waals surface area contributed by atoms with Gasteiger partial charge in [0, 0.05) is 29.0 Å². The van der Waals surface area contributed by atoms with Crippen LogP contribution in [-0.2, 0) is 6.42 Å². The first-order valence-corrected chi connectivity index (χ1v) is 23.2. The monoisotopic (exact) mass is 842 g/mol. The molecule has 0 radical (unpaired) electrons. The maximum absolute atomic E-state index is 6.93. The molecule has 0 saturated heterocycles. The van der Waals surface area contributed by atoms with E-state index in [0.717, 1.165) is 52.0 Å². The van der Waals surface area contributed by atoms with Crippen LogP contribution in [0.2, 0.25) is 0 Å². The van der Waals surface area contributed by atoms with Crippen molar-refractivity contribution in [3.05, 3.63) is 229 Å². The summed E-state index contributed by atoms with van der Waals surface area (Å²) in [5.41, 5.74) is 15.2. The Morgan fingerprint density at radius 3 is 1.65 bits per heavy atom. The molecule has 2 heterocycles. The molecule has 2 atom stereocenters. The highest BCUT2D eigenvalue weighted by molar-refractivity contribution is 6.22. The highest BCUT2D eigenvalue weighted by Gasteiger charge is 2.37. The highest BCUT2D eigenvalue weighted by Crippen LogP contribution is 2.53. The van der Waals surface area contributed by atoms with E-state index in [-0.39, 0.29) is 12.0 Å². The minimum Gasteiger partial charge on any atom is -0.484 e. The van der Waals surface area contributed by atoms with Gasteiger partial charge in [-0.3, -0.25) is 0 Å². The van der Waals surface area contributed by atoms with Crippen LogP contribution in [0.3, 0.4) is 0 Å². The Labute approximate surface area is 383 Å². The zero-order valence-electron chi connectivity index (χ0n) is 36.2. The maximum Gasteiger partial charge on any atom is 0.146 e. The van der Waals surface area contributed by atoms with Crippen molar-refractivity contribution in [3.63, 3.8) is 0 Å². The molecule has 0 fully saturated rings. The van der Waals surface area contributed by atoms with Gasteiger partial charge in [-0.05, 0) is 130 Å². The molecular weight excluding hydrogens is 801 g/mol. The molecule has 0 amide bonds. The van der Waals surface area contributed by atoms with Gasteiger partial charge < -0.3 is 9.15 Å². The first kappa shape index (κ1) is 37.2. The van der Waals surface area contributed by atoms with E-state index >= 15 is 0 Å². The second-order valence-electron chi connectivity index (χ2n) is 18.1. The molecule has 66 heavy (non-hydrogen) atoms. The number of hydrogen-bond donors (Lipinski definition) is 0. The molecule has 2 heteroatoms. The van der Waals surface area contributed by atoms with E-state index in [4.69, 9.17) is 9.15 Å². The molecule has 11 aromatic rings. The molecule has 0 N–H and O–H groups in total. The molecule has 2 nitrogen and oxygen atoms in total. The van der Waals surface area contributed by atoms with Crippen LogP contribution in [-0.4, -0.2) is 6.10 Å². The molecule has 2 aliphatic carbocycles. The van der Waals surface area contributed by atoms with E-state index in [1.165, 1.54) is 93.2 Å². The average Bonchev–Trinajstić information content (AvgIpc) is 3.96. The lowest BCUT2D eigenvalue weighted by molar-refractivity contribution is 0.271. The number of ether oxygens (including phenoxy) is 1. The van der Waals surface area contributed by atoms with Crippen molar-refractivity contribution in [2.45, 2.75) is 24.9 Å². The summed E-state index contributed by atoms with van der Waals surface area (Å²) >= 11 is 0. The van der Waals surface area contributed by atoms with Crippen molar-refractivity contribution in [2.24, 2.45) is 0 Å². The second-order valence-corrected chi connectivity index (χ2v) is 18.1. The number of allylic oxidation sites excluding steroid dienone is 3. The standard InChI is InChI=1S/C64H42O2/c1-3-13-45-35-47(31-25-39(45)11-1)41-21-27-43(28-22-41)60-51-16-5-6-17-52(51)61(44-29-23-42(24-30-44)48-32-26-40-12-2-4-14-46(40)36-48)56-37-49(33-34-53(56)60)55-38-57-50-15-7-9-19-58(50)65-64(57)62-54-18-8-10-20-59(54)66-63(55)62/h1-9,11-19,21-38,50,58H,10,20H2. The van der Waals surface area contributed by atoms with Crippen LogP contribution in [0.15, 0.2) is 217 Å². The van der Waals surface area contributed by atoms with Crippen molar-refractivity contribution in [3.8, 4) is 61.4 Å². The summed E-state index contributed by atoms with van der Waals surface area (Å²) in [5, 5.41) is 11.0. The van der Waals surface area contributed by atoms with Crippen LogP contribution in [0.25, 0.3) is 116 Å². The molecule has 1 aromatic heterocycles. The van der Waals surface area contributed by atoms with Gasteiger partial charge in [-0.1, -0.05) is 188 Å². The largest absolute Gasteiger partial charge is 0.484 e. The predicted octanol–water partition coefficient (Wildman–Crippen LogP) is 17.3. The summed E-state index contributed by atoms with van der Waals surface area (Å²) < 4.78 is 13.7. The van der Waals surface area contributed by atoms with E-state index < -0.39 is 0 Å². The fraction of sp³-hybridized carbons (Fsp3) is 0.0625. The van der Waals surface area contributed by atoms with Gasteiger partial charge in [0.1, 0.15) is 23.2 Å². The third kappa shape index (κ3) is 5.81. The molecule has 310 valence electrons. The molecule has 3 aliphatic rings. The Bertz CT molecular complexity index is 3900. The van der Waals surface area contributed by atoms with E-state index in [2.05, 4.69) is 218 Å². The highest BCUT2D eigenvalue weighted by atomic mass is 16.5. The maximum atomic E-state index is 6.93. The summed E-state index contributed by atoms with van der Waals surface area (Å²) in [4.78, 5) is 0. The number of hydrogen-bond acceptors (Lipinski definition) is 2. The van der Waals surface area contributed by atoms with Crippen molar-refractivity contribution in [1.82, 2.24) is 0 Å².